The van der Waals surface area contributed by atoms with E-state index in [0.717, 1.165) is 50.7 Å². The number of rotatable bonds is 15. The van der Waals surface area contributed by atoms with Crippen molar-refractivity contribution in [3.05, 3.63) is 75.9 Å². The van der Waals surface area contributed by atoms with Crippen molar-refractivity contribution in [1.82, 2.24) is 20.4 Å². The van der Waals surface area contributed by atoms with Crippen LogP contribution in [0.15, 0.2) is 63.8 Å². The Morgan fingerprint density at radius 3 is 2.38 bits per heavy atom. The predicted octanol–water partition coefficient (Wildman–Crippen LogP) is 5.79. The van der Waals surface area contributed by atoms with Gasteiger partial charge in [-0.05, 0) is 67.6 Å². The van der Waals surface area contributed by atoms with E-state index in [-0.39, 0.29) is 63.6 Å². The van der Waals surface area contributed by atoms with Crippen LogP contribution in [0.4, 0.5) is 4.79 Å². The number of benzene rings is 3. The molecule has 2 unspecified atom stereocenters. The molecule has 0 aromatic heterocycles. The molecule has 12 nitrogen and oxygen atoms in total. The molecule has 2 aromatic carbocycles. The lowest BCUT2D eigenvalue weighted by atomic mass is 9.89. The van der Waals surface area contributed by atoms with E-state index in [0.29, 0.717) is 46.8 Å². The summed E-state index contributed by atoms with van der Waals surface area (Å²) in [7, 11) is 3.54. The number of aromatic carboxylic acids is 1. The number of urea groups is 1. The second-order valence-corrected chi connectivity index (χ2v) is 15.0. The molecule has 3 aliphatic heterocycles. The molecule has 0 bridgehead atoms. The van der Waals surface area contributed by atoms with Gasteiger partial charge in [0.1, 0.15) is 17.1 Å². The van der Waals surface area contributed by atoms with Crippen LogP contribution in [-0.2, 0) is 4.79 Å². The van der Waals surface area contributed by atoms with Crippen molar-refractivity contribution >= 4 is 46.5 Å². The van der Waals surface area contributed by atoms with Crippen LogP contribution in [0.2, 0.25) is 0 Å². The van der Waals surface area contributed by atoms with Crippen LogP contribution in [0.25, 0.3) is 33.4 Å². The molecular formula is C39H44N4O8S. The Kier molecular flexibility index (Phi) is 11.4. The maximum atomic E-state index is 13.4. The third-order valence-corrected chi connectivity index (χ3v) is 11.5. The number of carbonyl (C=O) groups excluding carboxylic acids is 3. The lowest BCUT2D eigenvalue weighted by molar-refractivity contribution is -0.130. The molecule has 2 fully saturated rings. The zero-order valence-corrected chi connectivity index (χ0v) is 30.2. The summed E-state index contributed by atoms with van der Waals surface area (Å²) in [4.78, 5) is 65.6. The number of carboxylic acid groups (broad SMARTS) is 1. The van der Waals surface area contributed by atoms with E-state index in [9.17, 15) is 34.2 Å². The average molecular weight is 729 g/mol. The molecule has 1 aliphatic carbocycles. The van der Waals surface area contributed by atoms with Crippen molar-refractivity contribution in [3.8, 4) is 28.2 Å². The van der Waals surface area contributed by atoms with Gasteiger partial charge in [-0.15, -0.1) is 0 Å². The number of thioether (sulfide) groups is 1. The first-order valence-corrected chi connectivity index (χ1v) is 18.8. The van der Waals surface area contributed by atoms with Crippen LogP contribution < -0.4 is 16.1 Å². The summed E-state index contributed by atoms with van der Waals surface area (Å²) < 4.78 is 5.90. The Bertz CT molecular complexity index is 2010. The molecule has 4 N–H and O–H groups in total. The Hall–Kier alpha value is -5.04. The van der Waals surface area contributed by atoms with Crippen LogP contribution in [-0.4, -0.2) is 94.1 Å². The van der Waals surface area contributed by atoms with Crippen LogP contribution >= 0.6 is 11.8 Å². The van der Waals surface area contributed by atoms with E-state index in [1.807, 2.05) is 18.8 Å². The van der Waals surface area contributed by atoms with Gasteiger partial charge >= 0.3 is 12.0 Å². The second kappa shape index (κ2) is 16.1. The highest BCUT2D eigenvalue weighted by atomic mass is 32.2. The van der Waals surface area contributed by atoms with Gasteiger partial charge in [-0.3, -0.25) is 14.4 Å². The molecule has 6 rings (SSSR count). The first-order valence-electron chi connectivity index (χ1n) is 17.8. The topological polar surface area (TPSA) is 169 Å². The highest BCUT2D eigenvalue weighted by Gasteiger charge is 2.42. The Morgan fingerprint density at radius 1 is 0.865 bits per heavy atom. The lowest BCUT2D eigenvalue weighted by Gasteiger charge is -2.20. The summed E-state index contributed by atoms with van der Waals surface area (Å²) in [5.74, 6) is -0.221. The number of nitrogens with one attached hydrogen (secondary N) is 2. The maximum absolute atomic E-state index is 13.4. The van der Waals surface area contributed by atoms with Crippen molar-refractivity contribution in [2.45, 2.75) is 68.7 Å². The van der Waals surface area contributed by atoms with Gasteiger partial charge in [0.2, 0.25) is 5.91 Å². The quantitative estimate of drug-likeness (QED) is 0.0673. The van der Waals surface area contributed by atoms with Crippen molar-refractivity contribution < 1.29 is 33.8 Å². The number of aromatic hydroxyl groups is 1. The minimum absolute atomic E-state index is 0.0417. The minimum Gasteiger partial charge on any atom is -0.508 e. The molecule has 2 aromatic rings. The predicted molar refractivity (Wildman–Crippen MR) is 200 cm³/mol. The zero-order valence-electron chi connectivity index (χ0n) is 29.4. The number of amides is 4. The number of nitrogens with zero attached hydrogens (tertiary/aromatic N) is 2. The number of unbranched alkanes of at least 4 members (excludes halogenated alkanes) is 4. The number of carboxylic acids is 1. The molecule has 4 aliphatic rings. The Labute approximate surface area is 305 Å². The van der Waals surface area contributed by atoms with Crippen molar-refractivity contribution in [1.29, 1.82) is 0 Å². The van der Waals surface area contributed by atoms with E-state index in [1.54, 1.807) is 41.1 Å². The van der Waals surface area contributed by atoms with Crippen molar-refractivity contribution in [2.75, 3.05) is 32.9 Å². The summed E-state index contributed by atoms with van der Waals surface area (Å²) in [5.41, 5.74) is 1.57. The molecule has 0 radical (unpaired) electrons. The summed E-state index contributed by atoms with van der Waals surface area (Å²) >= 11 is 1.89. The second-order valence-electron chi connectivity index (χ2n) is 13.7. The fraction of sp³-hybridized carbons (Fsp3) is 0.410. The molecule has 0 spiro atoms. The maximum Gasteiger partial charge on any atom is 0.336 e. The van der Waals surface area contributed by atoms with Gasteiger partial charge in [-0.2, -0.15) is 11.8 Å². The van der Waals surface area contributed by atoms with E-state index >= 15 is 0 Å². The van der Waals surface area contributed by atoms with E-state index in [2.05, 4.69) is 10.6 Å². The van der Waals surface area contributed by atoms with Gasteiger partial charge in [-0.25, -0.2) is 9.59 Å². The largest absolute Gasteiger partial charge is 0.508 e. The van der Waals surface area contributed by atoms with Crippen molar-refractivity contribution in [2.24, 2.45) is 0 Å². The molecule has 2 saturated heterocycles. The Balaban J connectivity index is 0.975. The van der Waals surface area contributed by atoms with E-state index in [1.165, 1.54) is 30.3 Å². The highest BCUT2D eigenvalue weighted by Crippen LogP contribution is 2.42. The first kappa shape index (κ1) is 36.7. The lowest BCUT2D eigenvalue weighted by Crippen LogP contribution is -2.36. The average Bonchev–Trinajstić information content (AvgIpc) is 3.68. The summed E-state index contributed by atoms with van der Waals surface area (Å²) in [5, 5.41) is 27.2. The molecule has 4 amide bonds. The molecular weight excluding hydrogens is 685 g/mol. The fourth-order valence-electron chi connectivity index (χ4n) is 7.18. The number of hydrogen-bond donors (Lipinski definition) is 4. The van der Waals surface area contributed by atoms with Gasteiger partial charge < -0.3 is 35.1 Å². The van der Waals surface area contributed by atoms with E-state index in [4.69, 9.17) is 4.42 Å². The number of carbonyl (C=O) groups is 4. The smallest absolute Gasteiger partial charge is 0.336 e. The van der Waals surface area contributed by atoms with Gasteiger partial charge in [0.15, 0.2) is 5.43 Å². The standard InChI is InChI=1S/C39H44N4O8S/c1-42(34(46)10-6-5-9-33-36-30(22-52-33)40-39(50)41-36)17-7-3-4-8-18-43(2)37(47)23-11-14-26(29(19-23)38(48)49)35-27-15-12-24(44)20-31(27)51-32-21-25(45)13-16-28(32)35/h11-16,19-21,30,33,36,44H,3-10,17-18,22H2,1-2H3,(H,48,49)(H2,40,41,50)/t30?,33-,36?/m0/s1. The van der Waals surface area contributed by atoms with Crippen molar-refractivity contribution in [3.63, 3.8) is 0 Å². The SMILES string of the molecule is CN(CCCCCCN(C)C(=O)c1ccc(-c2c3ccc(=O)cc-3oc3cc(O)ccc23)c(C(=O)O)c1)C(=O)CCCC[C@@H]1SCC2NC(=O)NC21. The van der Waals surface area contributed by atoms with Crippen LogP contribution in [0, 0.1) is 0 Å². The summed E-state index contributed by atoms with van der Waals surface area (Å²) in [6, 6.07) is 13.7. The number of phenolic OH excluding ortho intramolecular Hbond substituents is 1. The number of hydrogen-bond acceptors (Lipinski definition) is 8. The molecule has 52 heavy (non-hydrogen) atoms. The monoisotopic (exact) mass is 728 g/mol. The first-order chi connectivity index (χ1) is 25.0. The van der Waals surface area contributed by atoms with Gasteiger partial charge in [0.05, 0.1) is 17.6 Å². The third-order valence-electron chi connectivity index (χ3n) is 10.0. The van der Waals surface area contributed by atoms with Gasteiger partial charge in [0, 0.05) is 78.8 Å². The number of fused-ring (bicyclic) bond motifs is 3. The Morgan fingerprint density at radius 2 is 1.62 bits per heavy atom. The molecule has 0 saturated carbocycles. The summed E-state index contributed by atoms with van der Waals surface area (Å²) in [6.45, 7) is 1.17. The normalized spacial score (nSPS) is 17.9. The van der Waals surface area contributed by atoms with Gasteiger partial charge in [0.25, 0.3) is 5.91 Å². The summed E-state index contributed by atoms with van der Waals surface area (Å²) in [6.07, 6.45) is 6.72. The molecule has 13 heteroatoms. The van der Waals surface area contributed by atoms with Crippen LogP contribution in [0.1, 0.15) is 72.1 Å². The van der Waals surface area contributed by atoms with Crippen LogP contribution in [0.3, 0.4) is 0 Å². The molecule has 3 atom stereocenters. The third kappa shape index (κ3) is 8.20. The minimum atomic E-state index is -1.21. The van der Waals surface area contributed by atoms with Crippen LogP contribution in [0.5, 0.6) is 5.75 Å². The number of phenols is 1. The fourth-order valence-corrected chi connectivity index (χ4v) is 8.72. The molecule has 274 valence electrons. The van der Waals surface area contributed by atoms with Gasteiger partial charge in [-0.1, -0.05) is 25.3 Å². The highest BCUT2D eigenvalue weighted by molar-refractivity contribution is 8.00. The van der Waals surface area contributed by atoms with E-state index < -0.39 is 5.97 Å². The molecule has 3 heterocycles. The zero-order chi connectivity index (χ0) is 36.9.